The molecule has 0 spiro atoms. The van der Waals surface area contributed by atoms with Crippen LogP contribution in [0.4, 0.5) is 11.6 Å². The van der Waals surface area contributed by atoms with E-state index in [9.17, 15) is 0 Å². The topological polar surface area (TPSA) is 68.8 Å². The molecule has 0 aliphatic rings. The van der Waals surface area contributed by atoms with Crippen LogP contribution in [0.1, 0.15) is 25.0 Å². The first kappa shape index (κ1) is 13.4. The van der Waals surface area contributed by atoms with Gasteiger partial charge in [-0.25, -0.2) is 0 Å². The summed E-state index contributed by atoms with van der Waals surface area (Å²) in [6.07, 6.45) is 0. The lowest BCUT2D eigenvalue weighted by atomic mass is 10.0. The average Bonchev–Trinajstić information content (AvgIpc) is 2.77. The molecule has 0 saturated carbocycles. The van der Waals surface area contributed by atoms with Gasteiger partial charge in [0.25, 0.3) is 0 Å². The molecule has 5 heteroatoms. The van der Waals surface area contributed by atoms with Crippen LogP contribution < -0.4 is 11.1 Å². The number of aromatic nitrogens is 3. The fourth-order valence-corrected chi connectivity index (χ4v) is 2.25. The molecule has 19 heavy (non-hydrogen) atoms. The minimum absolute atomic E-state index is 0.774. The Balaban J connectivity index is 2.59. The second-order valence-corrected chi connectivity index (χ2v) is 4.66. The molecule has 0 unspecified atom stereocenters. The highest BCUT2D eigenvalue weighted by molar-refractivity contribution is 5.75. The molecule has 3 N–H and O–H groups in total. The van der Waals surface area contributed by atoms with Crippen molar-refractivity contribution in [2.75, 3.05) is 17.6 Å². The highest BCUT2D eigenvalue weighted by atomic mass is 15.3. The van der Waals surface area contributed by atoms with Crippen LogP contribution >= 0.6 is 0 Å². The first-order chi connectivity index (χ1) is 9.08. The molecule has 0 amide bonds. The Morgan fingerprint density at radius 3 is 2.58 bits per heavy atom. The first-order valence-electron chi connectivity index (χ1n) is 6.62. The first-order valence-corrected chi connectivity index (χ1v) is 6.62. The molecular formula is C14H21N5. The minimum Gasteiger partial charge on any atom is -0.398 e. The van der Waals surface area contributed by atoms with E-state index in [0.717, 1.165) is 41.7 Å². The van der Waals surface area contributed by atoms with E-state index in [4.69, 9.17) is 5.73 Å². The van der Waals surface area contributed by atoms with Gasteiger partial charge in [-0.15, -0.1) is 10.2 Å². The summed E-state index contributed by atoms with van der Waals surface area (Å²) in [4.78, 5) is 0. The third kappa shape index (κ3) is 2.41. The molecule has 0 atom stereocenters. The second-order valence-electron chi connectivity index (χ2n) is 4.66. The fraction of sp³-hybridized carbons (Fsp3) is 0.429. The largest absolute Gasteiger partial charge is 0.398 e. The van der Waals surface area contributed by atoms with Crippen LogP contribution in [0.5, 0.6) is 0 Å². The van der Waals surface area contributed by atoms with Crippen LogP contribution in [-0.2, 0) is 6.54 Å². The fourth-order valence-electron chi connectivity index (χ4n) is 2.25. The van der Waals surface area contributed by atoms with Crippen molar-refractivity contribution in [3.05, 3.63) is 23.3 Å². The van der Waals surface area contributed by atoms with Crippen LogP contribution in [0.2, 0.25) is 0 Å². The minimum atomic E-state index is 0.774. The van der Waals surface area contributed by atoms with E-state index in [1.165, 1.54) is 5.56 Å². The Labute approximate surface area is 113 Å². The summed E-state index contributed by atoms with van der Waals surface area (Å²) < 4.78 is 2.05. The molecule has 0 radical (unpaired) electrons. The quantitative estimate of drug-likeness (QED) is 0.828. The lowest BCUT2D eigenvalue weighted by molar-refractivity contribution is 0.770. The number of hydrogen-bond acceptors (Lipinski definition) is 4. The number of hydrogen-bond donors (Lipinski definition) is 2. The number of benzene rings is 1. The molecule has 0 bridgehead atoms. The van der Waals surface area contributed by atoms with E-state index in [1.54, 1.807) is 0 Å². The number of aryl methyl sites for hydroxylation is 2. The number of rotatable bonds is 4. The molecule has 2 rings (SSSR count). The number of nitrogens with one attached hydrogen (secondary N) is 1. The molecule has 1 aromatic carbocycles. The van der Waals surface area contributed by atoms with Gasteiger partial charge < -0.3 is 11.1 Å². The summed E-state index contributed by atoms with van der Waals surface area (Å²) in [5.74, 6) is 1.61. The average molecular weight is 259 g/mol. The Morgan fingerprint density at radius 2 is 1.95 bits per heavy atom. The monoisotopic (exact) mass is 259 g/mol. The van der Waals surface area contributed by atoms with Gasteiger partial charge in [0.2, 0.25) is 5.95 Å². The normalized spacial score (nSPS) is 10.7. The summed E-state index contributed by atoms with van der Waals surface area (Å²) >= 11 is 0. The van der Waals surface area contributed by atoms with Crippen LogP contribution in [0.3, 0.4) is 0 Å². The molecule has 102 valence electrons. The highest BCUT2D eigenvalue weighted by Crippen LogP contribution is 2.29. The van der Waals surface area contributed by atoms with Crippen LogP contribution in [-0.4, -0.2) is 21.3 Å². The predicted octanol–water partition coefficient (Wildman–Crippen LogP) is 2.60. The van der Waals surface area contributed by atoms with Gasteiger partial charge in [0.05, 0.1) is 0 Å². The molecule has 0 aliphatic heterocycles. The van der Waals surface area contributed by atoms with Crippen molar-refractivity contribution in [2.24, 2.45) is 0 Å². The summed E-state index contributed by atoms with van der Waals surface area (Å²) in [7, 11) is 0. The van der Waals surface area contributed by atoms with Crippen LogP contribution in [0.15, 0.2) is 12.1 Å². The van der Waals surface area contributed by atoms with Gasteiger partial charge in [0, 0.05) is 24.3 Å². The molecule has 1 heterocycles. The van der Waals surface area contributed by atoms with Crippen molar-refractivity contribution in [2.45, 2.75) is 34.2 Å². The third-order valence-corrected chi connectivity index (χ3v) is 3.17. The SMILES string of the molecule is CCNc1nnc(-c2cc(C)cc(C)c2N)n1CC. The number of nitrogens with zero attached hydrogens (tertiary/aromatic N) is 3. The summed E-state index contributed by atoms with van der Waals surface area (Å²) in [6.45, 7) is 9.82. The zero-order valence-electron chi connectivity index (χ0n) is 12.0. The van der Waals surface area contributed by atoms with E-state index in [0.29, 0.717) is 0 Å². The van der Waals surface area contributed by atoms with E-state index >= 15 is 0 Å². The van der Waals surface area contributed by atoms with Gasteiger partial charge in [-0.1, -0.05) is 6.07 Å². The predicted molar refractivity (Wildman–Crippen MR) is 79.2 cm³/mol. The van der Waals surface area contributed by atoms with Crippen LogP contribution in [0.25, 0.3) is 11.4 Å². The van der Waals surface area contributed by atoms with E-state index in [1.807, 2.05) is 18.4 Å². The van der Waals surface area contributed by atoms with Gasteiger partial charge in [-0.2, -0.15) is 0 Å². The summed E-state index contributed by atoms with van der Waals surface area (Å²) in [5.41, 5.74) is 10.2. The maximum absolute atomic E-state index is 6.19. The second kappa shape index (κ2) is 5.30. The van der Waals surface area contributed by atoms with Crippen molar-refractivity contribution < 1.29 is 0 Å². The Bertz CT molecular complexity index is 586. The molecule has 1 aromatic heterocycles. The Hall–Kier alpha value is -2.04. The summed E-state index contributed by atoms with van der Waals surface area (Å²) in [5, 5.41) is 11.7. The van der Waals surface area contributed by atoms with E-state index < -0.39 is 0 Å². The van der Waals surface area contributed by atoms with Crippen molar-refractivity contribution in [1.82, 2.24) is 14.8 Å². The molecule has 0 aliphatic carbocycles. The zero-order valence-corrected chi connectivity index (χ0v) is 12.0. The zero-order chi connectivity index (χ0) is 14.0. The number of anilines is 2. The van der Waals surface area contributed by atoms with Gasteiger partial charge in [0.15, 0.2) is 5.82 Å². The smallest absolute Gasteiger partial charge is 0.224 e. The van der Waals surface area contributed by atoms with Gasteiger partial charge in [-0.3, -0.25) is 4.57 Å². The number of nitrogens with two attached hydrogens (primary N) is 1. The van der Waals surface area contributed by atoms with E-state index in [-0.39, 0.29) is 0 Å². The van der Waals surface area contributed by atoms with Crippen molar-refractivity contribution in [1.29, 1.82) is 0 Å². The molecule has 0 saturated heterocycles. The maximum Gasteiger partial charge on any atom is 0.224 e. The van der Waals surface area contributed by atoms with Crippen molar-refractivity contribution in [3.8, 4) is 11.4 Å². The summed E-state index contributed by atoms with van der Waals surface area (Å²) in [6, 6.07) is 4.14. The standard InChI is InChI=1S/C14H21N5/c1-5-16-14-18-17-13(19(14)6-2)11-8-9(3)7-10(4)12(11)15/h7-8H,5-6,15H2,1-4H3,(H,16,18). The van der Waals surface area contributed by atoms with E-state index in [2.05, 4.69) is 41.5 Å². The van der Waals surface area contributed by atoms with Gasteiger partial charge in [-0.05, 0) is 44.9 Å². The van der Waals surface area contributed by atoms with Gasteiger partial charge >= 0.3 is 0 Å². The maximum atomic E-state index is 6.19. The van der Waals surface area contributed by atoms with Crippen LogP contribution in [0, 0.1) is 13.8 Å². The van der Waals surface area contributed by atoms with Gasteiger partial charge in [0.1, 0.15) is 0 Å². The molecular weight excluding hydrogens is 238 g/mol. The Morgan fingerprint density at radius 1 is 1.21 bits per heavy atom. The number of nitrogen functional groups attached to an aromatic ring is 1. The molecule has 5 nitrogen and oxygen atoms in total. The third-order valence-electron chi connectivity index (χ3n) is 3.17. The van der Waals surface area contributed by atoms with Crippen molar-refractivity contribution in [3.63, 3.8) is 0 Å². The Kier molecular flexibility index (Phi) is 3.74. The van der Waals surface area contributed by atoms with Crippen molar-refractivity contribution >= 4 is 11.6 Å². The highest BCUT2D eigenvalue weighted by Gasteiger charge is 2.15. The lowest BCUT2D eigenvalue weighted by Crippen LogP contribution is -2.07. The molecule has 0 fully saturated rings. The lowest BCUT2D eigenvalue weighted by Gasteiger charge is -2.12. The molecule has 2 aromatic rings.